The molecular weight excluding hydrogens is 271 g/mol. The summed E-state index contributed by atoms with van der Waals surface area (Å²) in [6.45, 7) is -0.593. The lowest BCUT2D eigenvalue weighted by Crippen LogP contribution is -2.30. The van der Waals surface area contributed by atoms with Crippen molar-refractivity contribution in [3.8, 4) is 0 Å². The molecule has 0 unspecified atom stereocenters. The number of hydrogen-bond acceptors (Lipinski definition) is 1. The second-order valence-corrected chi connectivity index (χ2v) is 4.08. The minimum absolute atomic E-state index is 0.334. The molecule has 0 atom stereocenters. The highest BCUT2D eigenvalue weighted by Crippen LogP contribution is 2.13. The van der Waals surface area contributed by atoms with Gasteiger partial charge in [-0.3, -0.25) is 0 Å². The highest BCUT2D eigenvalue weighted by molar-refractivity contribution is 9.10. The van der Waals surface area contributed by atoms with Crippen molar-refractivity contribution in [1.82, 2.24) is 5.32 Å². The Hall–Kier alpha value is -0.550. The van der Waals surface area contributed by atoms with Gasteiger partial charge in [-0.15, -0.1) is 0 Å². The molecule has 0 saturated carbocycles. The van der Waals surface area contributed by atoms with Crippen LogP contribution < -0.4 is 5.32 Å². The Morgan fingerprint density at radius 2 is 1.73 bits per heavy atom. The standard InChI is InChI=1S/C10H11BrF3N/c11-9-3-1-8(2-4-9)5-6-15-7-10(12,13)14/h1-4,15H,5-7H2. The molecule has 0 amide bonds. The molecule has 15 heavy (non-hydrogen) atoms. The summed E-state index contributed by atoms with van der Waals surface area (Å²) in [6, 6.07) is 7.52. The van der Waals surface area contributed by atoms with Gasteiger partial charge in [0, 0.05) is 4.47 Å². The van der Waals surface area contributed by atoms with Gasteiger partial charge in [0.05, 0.1) is 6.54 Å². The Morgan fingerprint density at radius 3 is 2.27 bits per heavy atom. The molecule has 0 radical (unpaired) electrons. The number of nitrogens with one attached hydrogen (secondary N) is 1. The molecule has 1 N–H and O–H groups in total. The molecular formula is C10H11BrF3N. The van der Waals surface area contributed by atoms with E-state index < -0.39 is 12.7 Å². The van der Waals surface area contributed by atoms with Gasteiger partial charge in [-0.1, -0.05) is 28.1 Å². The number of alkyl halides is 3. The van der Waals surface area contributed by atoms with Crippen LogP contribution in [0.3, 0.4) is 0 Å². The van der Waals surface area contributed by atoms with E-state index >= 15 is 0 Å². The van der Waals surface area contributed by atoms with Crippen LogP contribution in [0.4, 0.5) is 13.2 Å². The molecule has 0 saturated heterocycles. The topological polar surface area (TPSA) is 12.0 Å². The van der Waals surface area contributed by atoms with Crippen LogP contribution in [-0.2, 0) is 6.42 Å². The van der Waals surface area contributed by atoms with E-state index in [0.29, 0.717) is 13.0 Å². The van der Waals surface area contributed by atoms with E-state index in [9.17, 15) is 13.2 Å². The molecule has 0 aliphatic rings. The highest BCUT2D eigenvalue weighted by atomic mass is 79.9. The second kappa shape index (κ2) is 5.51. The van der Waals surface area contributed by atoms with Gasteiger partial charge in [-0.05, 0) is 30.7 Å². The molecule has 0 fully saturated rings. The van der Waals surface area contributed by atoms with Crippen molar-refractivity contribution in [3.63, 3.8) is 0 Å². The maximum atomic E-state index is 11.8. The van der Waals surface area contributed by atoms with Gasteiger partial charge in [-0.25, -0.2) is 0 Å². The summed E-state index contributed by atoms with van der Waals surface area (Å²) < 4.78 is 36.3. The third-order valence-electron chi connectivity index (χ3n) is 1.83. The van der Waals surface area contributed by atoms with Gasteiger partial charge in [0.1, 0.15) is 0 Å². The molecule has 1 aromatic carbocycles. The Morgan fingerprint density at radius 1 is 1.13 bits per heavy atom. The van der Waals surface area contributed by atoms with Gasteiger partial charge >= 0.3 is 6.18 Å². The Labute approximate surface area is 94.8 Å². The third kappa shape index (κ3) is 5.79. The van der Waals surface area contributed by atoms with E-state index in [1.807, 2.05) is 24.3 Å². The first-order chi connectivity index (χ1) is 6.97. The van der Waals surface area contributed by atoms with Crippen LogP contribution in [0, 0.1) is 0 Å². The minimum Gasteiger partial charge on any atom is -0.308 e. The van der Waals surface area contributed by atoms with E-state index in [-0.39, 0.29) is 0 Å². The van der Waals surface area contributed by atoms with E-state index in [4.69, 9.17) is 0 Å². The summed E-state index contributed by atoms with van der Waals surface area (Å²) in [5.74, 6) is 0. The van der Waals surface area contributed by atoms with Crippen molar-refractivity contribution < 1.29 is 13.2 Å². The predicted octanol–water partition coefficient (Wildman–Crippen LogP) is 3.14. The lowest BCUT2D eigenvalue weighted by Gasteiger charge is -2.07. The van der Waals surface area contributed by atoms with E-state index in [0.717, 1.165) is 10.0 Å². The molecule has 0 heterocycles. The molecule has 1 nitrogen and oxygen atoms in total. The average molecular weight is 282 g/mol. The molecule has 0 aliphatic heterocycles. The zero-order valence-corrected chi connectivity index (χ0v) is 9.53. The first-order valence-electron chi connectivity index (χ1n) is 4.49. The van der Waals surface area contributed by atoms with Crippen LogP contribution in [0.25, 0.3) is 0 Å². The second-order valence-electron chi connectivity index (χ2n) is 3.17. The highest BCUT2D eigenvalue weighted by Gasteiger charge is 2.25. The third-order valence-corrected chi connectivity index (χ3v) is 2.36. The number of benzene rings is 1. The molecule has 1 aromatic rings. The van der Waals surface area contributed by atoms with Crippen molar-refractivity contribution in [1.29, 1.82) is 0 Å². The normalized spacial score (nSPS) is 11.7. The molecule has 0 spiro atoms. The van der Waals surface area contributed by atoms with E-state index in [1.165, 1.54) is 0 Å². The largest absolute Gasteiger partial charge is 0.401 e. The SMILES string of the molecule is FC(F)(F)CNCCc1ccc(Br)cc1. The molecule has 84 valence electrons. The fourth-order valence-corrected chi connectivity index (χ4v) is 1.38. The van der Waals surface area contributed by atoms with Gasteiger partial charge < -0.3 is 5.32 Å². The summed E-state index contributed by atoms with van der Waals surface area (Å²) >= 11 is 3.29. The lowest BCUT2D eigenvalue weighted by atomic mass is 10.1. The number of hydrogen-bond donors (Lipinski definition) is 1. The van der Waals surface area contributed by atoms with Crippen LogP contribution in [-0.4, -0.2) is 19.3 Å². The lowest BCUT2D eigenvalue weighted by molar-refractivity contribution is -0.124. The first kappa shape index (κ1) is 12.5. The van der Waals surface area contributed by atoms with Crippen LogP contribution in [0.15, 0.2) is 28.7 Å². The van der Waals surface area contributed by atoms with Gasteiger partial charge in [0.15, 0.2) is 0 Å². The van der Waals surface area contributed by atoms with Crippen molar-refractivity contribution in [2.24, 2.45) is 0 Å². The monoisotopic (exact) mass is 281 g/mol. The maximum Gasteiger partial charge on any atom is 0.401 e. The molecule has 1 rings (SSSR count). The minimum atomic E-state index is -4.13. The fraction of sp³-hybridized carbons (Fsp3) is 0.400. The number of rotatable bonds is 4. The predicted molar refractivity (Wildman–Crippen MR) is 56.8 cm³/mol. The fourth-order valence-electron chi connectivity index (χ4n) is 1.11. The molecule has 0 aliphatic carbocycles. The van der Waals surface area contributed by atoms with Crippen LogP contribution in [0.2, 0.25) is 0 Å². The first-order valence-corrected chi connectivity index (χ1v) is 5.28. The zero-order valence-electron chi connectivity index (χ0n) is 7.94. The van der Waals surface area contributed by atoms with Crippen molar-refractivity contribution in [2.45, 2.75) is 12.6 Å². The van der Waals surface area contributed by atoms with Crippen LogP contribution in [0.5, 0.6) is 0 Å². The van der Waals surface area contributed by atoms with Gasteiger partial charge in [0.2, 0.25) is 0 Å². The van der Waals surface area contributed by atoms with E-state index in [1.54, 1.807) is 0 Å². The Bertz CT molecular complexity index is 295. The van der Waals surface area contributed by atoms with E-state index in [2.05, 4.69) is 21.2 Å². The molecule has 0 bridgehead atoms. The Kier molecular flexibility index (Phi) is 4.60. The number of halogens is 4. The average Bonchev–Trinajstić information content (AvgIpc) is 2.14. The van der Waals surface area contributed by atoms with Crippen LogP contribution in [0.1, 0.15) is 5.56 Å². The Balaban J connectivity index is 2.23. The quantitative estimate of drug-likeness (QED) is 0.836. The van der Waals surface area contributed by atoms with Gasteiger partial charge in [0.25, 0.3) is 0 Å². The molecule has 0 aromatic heterocycles. The summed E-state index contributed by atoms with van der Waals surface area (Å²) in [4.78, 5) is 0. The summed E-state index contributed by atoms with van der Waals surface area (Å²) in [6.07, 6.45) is -3.52. The molecule has 5 heteroatoms. The summed E-state index contributed by atoms with van der Waals surface area (Å²) in [7, 11) is 0. The zero-order chi connectivity index (χ0) is 11.3. The van der Waals surface area contributed by atoms with Crippen LogP contribution >= 0.6 is 15.9 Å². The van der Waals surface area contributed by atoms with Crippen molar-refractivity contribution >= 4 is 15.9 Å². The van der Waals surface area contributed by atoms with Gasteiger partial charge in [-0.2, -0.15) is 13.2 Å². The summed E-state index contributed by atoms with van der Waals surface area (Å²) in [5.41, 5.74) is 1.02. The summed E-state index contributed by atoms with van der Waals surface area (Å²) in [5, 5.41) is 2.35. The maximum absolute atomic E-state index is 11.8. The van der Waals surface area contributed by atoms with Crippen molar-refractivity contribution in [2.75, 3.05) is 13.1 Å². The smallest absolute Gasteiger partial charge is 0.308 e. The van der Waals surface area contributed by atoms with Crippen molar-refractivity contribution in [3.05, 3.63) is 34.3 Å².